The average Bonchev–Trinajstić information content (AvgIpc) is 3.49. The molecule has 0 aromatic heterocycles. The maximum absolute atomic E-state index is 17.5. The number of aliphatic hydroxyl groups is 2. The van der Waals surface area contributed by atoms with Gasteiger partial charge in [-0.3, -0.25) is 9.59 Å². The Morgan fingerprint density at radius 1 is 1.02 bits per heavy atom. The highest BCUT2D eigenvalue weighted by Crippen LogP contribution is 2.72. The van der Waals surface area contributed by atoms with Gasteiger partial charge in [0.15, 0.2) is 29.1 Å². The molecule has 2 aromatic carbocycles. The molecule has 1 saturated heterocycles. The van der Waals surface area contributed by atoms with Gasteiger partial charge in [0.1, 0.15) is 12.8 Å². The fourth-order valence-corrected chi connectivity index (χ4v) is 9.18. The second kappa shape index (κ2) is 9.23. The number of ketones is 2. The van der Waals surface area contributed by atoms with Gasteiger partial charge in [-0.15, -0.1) is 0 Å². The molecule has 0 spiro atoms. The molecule has 1 heterocycles. The number of halogens is 2. The first kappa shape index (κ1) is 27.8. The zero-order chi connectivity index (χ0) is 29.7. The number of rotatable bonds is 4. The molecule has 10 atom stereocenters. The maximum atomic E-state index is 17.5. The lowest BCUT2D eigenvalue weighted by Crippen LogP contribution is -2.70. The van der Waals surface area contributed by atoms with Gasteiger partial charge in [0, 0.05) is 22.3 Å². The van der Waals surface area contributed by atoms with Crippen LogP contribution in [0, 0.1) is 22.7 Å². The van der Waals surface area contributed by atoms with E-state index in [1.165, 1.54) is 12.2 Å². The number of Topliss-reactive ketones (excluding diaryl/α,β-unsaturated/α-hetero) is 1. The number of benzene rings is 2. The summed E-state index contributed by atoms with van der Waals surface area (Å²) in [6.07, 6.45) is -1.32. The van der Waals surface area contributed by atoms with Crippen molar-refractivity contribution in [3.8, 4) is 11.1 Å². The lowest BCUT2D eigenvalue weighted by atomic mass is 9.44. The minimum Gasteiger partial charge on any atom is -0.390 e. The molecule has 0 bridgehead atoms. The third kappa shape index (κ3) is 3.38. The zero-order valence-corrected chi connectivity index (χ0v) is 23.5. The van der Waals surface area contributed by atoms with Crippen LogP contribution >= 0.6 is 0 Å². The summed E-state index contributed by atoms with van der Waals surface area (Å²) in [7, 11) is 0. The number of allylic oxidation sites excluding steroid dienone is 4. The van der Waals surface area contributed by atoms with E-state index in [2.05, 4.69) is 0 Å². The van der Waals surface area contributed by atoms with Crippen LogP contribution in [-0.2, 0) is 19.1 Å². The SMILES string of the molecule is C[C@]12C=CC(=O)C=C1[C@@H](F)C[C@H]1[C@@H]3C[C@H]4O[C@@H](c5ccc(-c6ccccc6)cc5)O[C@@]4(C(=O)CO)[C@@]3(C)C[C@H](O)[C@@]12F. The van der Waals surface area contributed by atoms with E-state index in [-0.39, 0.29) is 24.8 Å². The fourth-order valence-electron chi connectivity index (χ4n) is 9.18. The van der Waals surface area contributed by atoms with Gasteiger partial charge in [-0.25, -0.2) is 8.78 Å². The molecule has 8 heteroatoms. The number of fused-ring (bicyclic) bond motifs is 7. The molecule has 6 nitrogen and oxygen atoms in total. The van der Waals surface area contributed by atoms with Crippen molar-refractivity contribution in [2.24, 2.45) is 22.7 Å². The van der Waals surface area contributed by atoms with E-state index in [9.17, 15) is 19.8 Å². The number of ether oxygens (including phenoxy) is 2. The Kier molecular flexibility index (Phi) is 6.10. The summed E-state index contributed by atoms with van der Waals surface area (Å²) in [5.41, 5.74) is -3.84. The van der Waals surface area contributed by atoms with Crippen molar-refractivity contribution in [1.29, 1.82) is 0 Å². The van der Waals surface area contributed by atoms with Gasteiger partial charge in [-0.1, -0.05) is 67.6 Å². The molecular formula is C34H34F2O6. The van der Waals surface area contributed by atoms with Crippen molar-refractivity contribution in [3.63, 3.8) is 0 Å². The fraction of sp³-hybridized carbons (Fsp3) is 0.471. The van der Waals surface area contributed by atoms with Crippen LogP contribution < -0.4 is 0 Å². The highest BCUT2D eigenvalue weighted by molar-refractivity contribution is 6.01. The predicted molar refractivity (Wildman–Crippen MR) is 149 cm³/mol. The second-order valence-corrected chi connectivity index (χ2v) is 13.0. The largest absolute Gasteiger partial charge is 0.390 e. The molecule has 0 amide bonds. The number of carbonyl (C=O) groups is 2. The molecule has 42 heavy (non-hydrogen) atoms. The first-order valence-electron chi connectivity index (χ1n) is 14.6. The number of hydrogen-bond donors (Lipinski definition) is 2. The summed E-state index contributed by atoms with van der Waals surface area (Å²) in [5, 5.41) is 21.8. The number of hydrogen-bond acceptors (Lipinski definition) is 6. The van der Waals surface area contributed by atoms with E-state index in [0.717, 1.165) is 17.2 Å². The molecule has 1 aliphatic heterocycles. The molecule has 4 fully saturated rings. The predicted octanol–water partition coefficient (Wildman–Crippen LogP) is 5.00. The van der Waals surface area contributed by atoms with Crippen LogP contribution in [0.2, 0.25) is 0 Å². The van der Waals surface area contributed by atoms with Crippen molar-refractivity contribution in [2.75, 3.05) is 6.61 Å². The number of aliphatic hydroxyl groups excluding tert-OH is 2. The molecule has 220 valence electrons. The highest BCUT2D eigenvalue weighted by atomic mass is 19.1. The standard InChI is InChI=1S/C34H34F2O6/c1-31-13-12-22(38)14-25(31)26(35)15-24-23-16-29-34(28(40)18-37,32(23,2)17-27(39)33(24,31)36)42-30(41-29)21-10-8-20(9-11-21)19-6-4-3-5-7-19/h3-14,23-24,26-27,29-30,37,39H,15-18H2,1-2H3/t23-,24-,26-,27-,29+,30+,31-,32-,33-,34+/m0/s1. The first-order chi connectivity index (χ1) is 20.0. The Morgan fingerprint density at radius 3 is 2.40 bits per heavy atom. The monoisotopic (exact) mass is 576 g/mol. The lowest BCUT2D eigenvalue weighted by Gasteiger charge is -2.63. The molecule has 5 aliphatic rings. The zero-order valence-electron chi connectivity index (χ0n) is 23.5. The van der Waals surface area contributed by atoms with Crippen LogP contribution in [0.4, 0.5) is 8.78 Å². The average molecular weight is 577 g/mol. The van der Waals surface area contributed by atoms with Gasteiger partial charge in [0.2, 0.25) is 0 Å². The smallest absolute Gasteiger partial charge is 0.193 e. The van der Waals surface area contributed by atoms with Crippen molar-refractivity contribution < 1.29 is 38.1 Å². The molecule has 2 N–H and O–H groups in total. The maximum Gasteiger partial charge on any atom is 0.193 e. The molecule has 7 rings (SSSR count). The lowest BCUT2D eigenvalue weighted by molar-refractivity contribution is -0.235. The van der Waals surface area contributed by atoms with Crippen LogP contribution in [0.25, 0.3) is 11.1 Å². The van der Waals surface area contributed by atoms with E-state index < -0.39 is 76.8 Å². The van der Waals surface area contributed by atoms with E-state index in [0.29, 0.717) is 5.56 Å². The van der Waals surface area contributed by atoms with Crippen molar-refractivity contribution in [1.82, 2.24) is 0 Å². The molecule has 3 saturated carbocycles. The Hall–Kier alpha value is -3.04. The summed E-state index contributed by atoms with van der Waals surface area (Å²) < 4.78 is 46.2. The van der Waals surface area contributed by atoms with Gasteiger partial charge in [0.25, 0.3) is 0 Å². The highest BCUT2D eigenvalue weighted by Gasteiger charge is 2.80. The van der Waals surface area contributed by atoms with Crippen LogP contribution in [0.15, 0.2) is 78.4 Å². The van der Waals surface area contributed by atoms with Gasteiger partial charge in [-0.05, 0) is 61.0 Å². The van der Waals surface area contributed by atoms with E-state index >= 15 is 8.78 Å². The minimum absolute atomic E-state index is 0.0438. The summed E-state index contributed by atoms with van der Waals surface area (Å²) in [6.45, 7) is 2.50. The van der Waals surface area contributed by atoms with Gasteiger partial charge >= 0.3 is 0 Å². The van der Waals surface area contributed by atoms with Crippen LogP contribution in [0.5, 0.6) is 0 Å². The molecule has 0 radical (unpaired) electrons. The normalized spacial score (nSPS) is 43.7. The summed E-state index contributed by atoms with van der Waals surface area (Å²) in [6, 6.07) is 17.5. The van der Waals surface area contributed by atoms with Gasteiger partial charge in [-0.2, -0.15) is 0 Å². The van der Waals surface area contributed by atoms with Crippen molar-refractivity contribution >= 4 is 11.6 Å². The van der Waals surface area contributed by atoms with Crippen molar-refractivity contribution in [2.45, 2.75) is 69.0 Å². The Morgan fingerprint density at radius 2 is 1.71 bits per heavy atom. The Labute approximate surface area is 243 Å². The van der Waals surface area contributed by atoms with Gasteiger partial charge < -0.3 is 19.7 Å². The quantitative estimate of drug-likeness (QED) is 0.533. The molecular weight excluding hydrogens is 542 g/mol. The topological polar surface area (TPSA) is 93.1 Å². The summed E-state index contributed by atoms with van der Waals surface area (Å²) in [5.74, 6) is -2.57. The second-order valence-electron chi connectivity index (χ2n) is 13.0. The summed E-state index contributed by atoms with van der Waals surface area (Å²) in [4.78, 5) is 25.8. The van der Waals surface area contributed by atoms with Crippen molar-refractivity contribution in [3.05, 3.63) is 84.0 Å². The van der Waals surface area contributed by atoms with Crippen LogP contribution in [-0.4, -0.2) is 58.0 Å². The molecule has 2 aromatic rings. The van der Waals surface area contributed by atoms with E-state index in [4.69, 9.17) is 9.47 Å². The van der Waals surface area contributed by atoms with Gasteiger partial charge in [0.05, 0.1) is 12.2 Å². The molecule has 0 unspecified atom stereocenters. The Bertz CT molecular complexity index is 1510. The van der Waals surface area contributed by atoms with E-state index in [1.807, 2.05) is 54.6 Å². The third-order valence-electron chi connectivity index (χ3n) is 11.2. The number of carbonyl (C=O) groups excluding carboxylic acids is 2. The Balaban J connectivity index is 1.26. The minimum atomic E-state index is -2.28. The summed E-state index contributed by atoms with van der Waals surface area (Å²) >= 11 is 0. The van der Waals surface area contributed by atoms with E-state index in [1.54, 1.807) is 13.8 Å². The molecule has 4 aliphatic carbocycles. The number of alkyl halides is 2. The third-order valence-corrected chi connectivity index (χ3v) is 11.2. The van der Waals surface area contributed by atoms with Crippen LogP contribution in [0.3, 0.4) is 0 Å². The first-order valence-corrected chi connectivity index (χ1v) is 14.6. The van der Waals surface area contributed by atoms with Crippen LogP contribution in [0.1, 0.15) is 45.0 Å².